The first kappa shape index (κ1) is 20.0. The maximum atomic E-state index is 12.7. The van der Waals surface area contributed by atoms with Crippen molar-refractivity contribution in [2.75, 3.05) is 27.2 Å². The molecule has 1 aromatic heterocycles. The van der Waals surface area contributed by atoms with E-state index in [1.165, 1.54) is 11.0 Å². The van der Waals surface area contributed by atoms with Gasteiger partial charge in [-0.1, -0.05) is 19.9 Å². The molecule has 2 rings (SSSR count). The fourth-order valence-corrected chi connectivity index (χ4v) is 3.42. The van der Waals surface area contributed by atoms with E-state index in [0.29, 0.717) is 25.6 Å². The van der Waals surface area contributed by atoms with Gasteiger partial charge in [0.25, 0.3) is 5.56 Å². The summed E-state index contributed by atoms with van der Waals surface area (Å²) in [6.45, 7) is 7.62. The van der Waals surface area contributed by atoms with Crippen LogP contribution in [0.4, 0.5) is 4.79 Å². The molecule has 1 aliphatic heterocycles. The van der Waals surface area contributed by atoms with Gasteiger partial charge in [0.1, 0.15) is 0 Å². The largest absolute Gasteiger partial charge is 0.340 e. The number of hydrogen-bond donors (Lipinski definition) is 1. The first-order valence-corrected chi connectivity index (χ1v) is 9.12. The first-order chi connectivity index (χ1) is 12.2. The van der Waals surface area contributed by atoms with Crippen LogP contribution in [0.2, 0.25) is 0 Å². The van der Waals surface area contributed by atoms with Gasteiger partial charge in [0.05, 0.1) is 6.04 Å². The number of aryl methyl sites for hydroxylation is 1. The van der Waals surface area contributed by atoms with E-state index in [4.69, 9.17) is 0 Å². The molecular weight excluding hydrogens is 332 g/mol. The van der Waals surface area contributed by atoms with Crippen LogP contribution in [0.5, 0.6) is 0 Å². The Balaban J connectivity index is 2.01. The van der Waals surface area contributed by atoms with Gasteiger partial charge in [0, 0.05) is 57.8 Å². The Hall–Kier alpha value is -2.31. The van der Waals surface area contributed by atoms with Crippen molar-refractivity contribution in [1.82, 2.24) is 19.7 Å². The summed E-state index contributed by atoms with van der Waals surface area (Å²) in [5, 5.41) is 3.02. The summed E-state index contributed by atoms with van der Waals surface area (Å²) in [7, 11) is 3.41. The van der Waals surface area contributed by atoms with Crippen LogP contribution in [0.3, 0.4) is 0 Å². The van der Waals surface area contributed by atoms with Crippen LogP contribution >= 0.6 is 0 Å². The molecule has 0 saturated carbocycles. The molecule has 7 nitrogen and oxygen atoms in total. The minimum atomic E-state index is -0.138. The smallest absolute Gasteiger partial charge is 0.317 e. The second-order valence-electron chi connectivity index (χ2n) is 7.56. The van der Waals surface area contributed by atoms with Crippen LogP contribution in [0.25, 0.3) is 0 Å². The van der Waals surface area contributed by atoms with Gasteiger partial charge in [-0.15, -0.1) is 0 Å². The number of aromatic nitrogens is 1. The van der Waals surface area contributed by atoms with Crippen LogP contribution in [0.15, 0.2) is 23.0 Å². The lowest BCUT2D eigenvalue weighted by Gasteiger charge is -2.24. The molecule has 1 N–H and O–H groups in total. The molecule has 144 valence electrons. The lowest BCUT2D eigenvalue weighted by molar-refractivity contribution is -0.130. The average molecular weight is 362 g/mol. The molecule has 0 spiro atoms. The summed E-state index contributed by atoms with van der Waals surface area (Å²) in [5.74, 6) is 0.607. The van der Waals surface area contributed by atoms with Crippen molar-refractivity contribution >= 4 is 11.9 Å². The van der Waals surface area contributed by atoms with E-state index in [0.717, 1.165) is 5.69 Å². The zero-order chi connectivity index (χ0) is 19.4. The summed E-state index contributed by atoms with van der Waals surface area (Å²) in [5.41, 5.74) is 0.762. The van der Waals surface area contributed by atoms with Gasteiger partial charge in [0.15, 0.2) is 0 Å². The average Bonchev–Trinajstić information content (AvgIpc) is 2.98. The van der Waals surface area contributed by atoms with Crippen molar-refractivity contribution < 1.29 is 9.59 Å². The number of nitrogens with one attached hydrogen (secondary N) is 1. The molecule has 0 aliphatic carbocycles. The minimum absolute atomic E-state index is 0.0207. The first-order valence-electron chi connectivity index (χ1n) is 9.12. The predicted octanol–water partition coefficient (Wildman–Crippen LogP) is 1.30. The van der Waals surface area contributed by atoms with Gasteiger partial charge < -0.3 is 19.7 Å². The van der Waals surface area contributed by atoms with E-state index in [1.54, 1.807) is 24.7 Å². The fourth-order valence-electron chi connectivity index (χ4n) is 3.42. The van der Waals surface area contributed by atoms with E-state index < -0.39 is 0 Å². The van der Waals surface area contributed by atoms with E-state index in [1.807, 2.05) is 17.9 Å². The SMILES string of the molecule is Cc1cccc(=O)n1CCC(=O)N1CC(NC(=O)N(C)C)C(C(C)C)C1. The lowest BCUT2D eigenvalue weighted by atomic mass is 9.91. The number of rotatable bonds is 5. The van der Waals surface area contributed by atoms with Crippen molar-refractivity contribution in [2.45, 2.75) is 39.8 Å². The molecule has 2 unspecified atom stereocenters. The number of amides is 3. The van der Waals surface area contributed by atoms with Gasteiger partial charge >= 0.3 is 6.03 Å². The molecule has 0 bridgehead atoms. The van der Waals surface area contributed by atoms with Gasteiger partial charge in [-0.3, -0.25) is 9.59 Å². The molecule has 3 amide bonds. The van der Waals surface area contributed by atoms with Gasteiger partial charge in [-0.25, -0.2) is 4.79 Å². The summed E-state index contributed by atoms with van der Waals surface area (Å²) in [6.07, 6.45) is 0.282. The molecular formula is C19H30N4O3. The highest BCUT2D eigenvalue weighted by atomic mass is 16.2. The van der Waals surface area contributed by atoms with Crippen molar-refractivity contribution in [3.8, 4) is 0 Å². The second-order valence-corrected chi connectivity index (χ2v) is 7.56. The topological polar surface area (TPSA) is 74.6 Å². The fraction of sp³-hybridized carbons (Fsp3) is 0.632. The normalized spacial score (nSPS) is 19.7. The molecule has 7 heteroatoms. The summed E-state index contributed by atoms with van der Waals surface area (Å²) >= 11 is 0. The molecule has 1 aliphatic rings. The monoisotopic (exact) mass is 362 g/mol. The van der Waals surface area contributed by atoms with Crippen molar-refractivity contribution in [2.24, 2.45) is 11.8 Å². The summed E-state index contributed by atoms with van der Waals surface area (Å²) in [6, 6.07) is 4.91. The van der Waals surface area contributed by atoms with Crippen molar-refractivity contribution in [3.63, 3.8) is 0 Å². The number of hydrogen-bond acceptors (Lipinski definition) is 3. The third-order valence-corrected chi connectivity index (χ3v) is 5.11. The Morgan fingerprint density at radius 1 is 1.27 bits per heavy atom. The molecule has 1 saturated heterocycles. The van der Waals surface area contributed by atoms with Crippen LogP contribution in [-0.4, -0.2) is 59.5 Å². The zero-order valence-electron chi connectivity index (χ0n) is 16.4. The van der Waals surface area contributed by atoms with E-state index in [2.05, 4.69) is 19.2 Å². The molecule has 1 fully saturated rings. The predicted molar refractivity (Wildman–Crippen MR) is 101 cm³/mol. The number of carbonyl (C=O) groups excluding carboxylic acids is 2. The van der Waals surface area contributed by atoms with Crippen LogP contribution in [-0.2, 0) is 11.3 Å². The van der Waals surface area contributed by atoms with Crippen LogP contribution in [0.1, 0.15) is 26.0 Å². The van der Waals surface area contributed by atoms with E-state index in [-0.39, 0.29) is 35.9 Å². The number of nitrogens with zero attached hydrogens (tertiary/aromatic N) is 3. The Morgan fingerprint density at radius 3 is 2.54 bits per heavy atom. The highest BCUT2D eigenvalue weighted by molar-refractivity contribution is 5.77. The third-order valence-electron chi connectivity index (χ3n) is 5.11. The van der Waals surface area contributed by atoms with Crippen LogP contribution in [0, 0.1) is 18.8 Å². The minimum Gasteiger partial charge on any atom is -0.340 e. The maximum absolute atomic E-state index is 12.7. The molecule has 0 aromatic carbocycles. The zero-order valence-corrected chi connectivity index (χ0v) is 16.4. The molecule has 2 atom stereocenters. The maximum Gasteiger partial charge on any atom is 0.317 e. The number of carbonyl (C=O) groups is 2. The Kier molecular flexibility index (Phi) is 6.45. The van der Waals surface area contributed by atoms with Gasteiger partial charge in [-0.05, 0) is 18.9 Å². The summed E-state index contributed by atoms with van der Waals surface area (Å²) in [4.78, 5) is 39.9. The molecule has 0 radical (unpaired) electrons. The standard InChI is InChI=1S/C19H30N4O3/c1-13(2)15-11-22(12-16(15)20-19(26)21(4)5)17(24)9-10-23-14(3)7-6-8-18(23)25/h6-8,13,15-16H,9-12H2,1-5H3,(H,20,26). The molecule has 1 aromatic rings. The third kappa shape index (κ3) is 4.65. The highest BCUT2D eigenvalue weighted by Crippen LogP contribution is 2.25. The number of pyridine rings is 1. The van der Waals surface area contributed by atoms with E-state index in [9.17, 15) is 14.4 Å². The summed E-state index contributed by atoms with van der Waals surface area (Å²) < 4.78 is 1.62. The Bertz CT molecular complexity index is 711. The number of likely N-dealkylation sites (tertiary alicyclic amines) is 1. The molecule has 26 heavy (non-hydrogen) atoms. The lowest BCUT2D eigenvalue weighted by Crippen LogP contribution is -2.46. The Morgan fingerprint density at radius 2 is 1.96 bits per heavy atom. The van der Waals surface area contributed by atoms with E-state index >= 15 is 0 Å². The second kappa shape index (κ2) is 8.38. The van der Waals surface area contributed by atoms with Crippen molar-refractivity contribution in [1.29, 1.82) is 0 Å². The molecule has 2 heterocycles. The van der Waals surface area contributed by atoms with Crippen LogP contribution < -0.4 is 10.9 Å². The Labute approximate surface area is 155 Å². The number of urea groups is 1. The quantitative estimate of drug-likeness (QED) is 0.858. The highest BCUT2D eigenvalue weighted by Gasteiger charge is 2.37. The van der Waals surface area contributed by atoms with Gasteiger partial charge in [0.2, 0.25) is 5.91 Å². The van der Waals surface area contributed by atoms with Crippen molar-refractivity contribution in [3.05, 3.63) is 34.2 Å². The van der Waals surface area contributed by atoms with Gasteiger partial charge in [-0.2, -0.15) is 0 Å².